The fourth-order valence-corrected chi connectivity index (χ4v) is 1.72. The van der Waals surface area contributed by atoms with Crippen LogP contribution in [0.15, 0.2) is 36.7 Å². The summed E-state index contributed by atoms with van der Waals surface area (Å²) in [6.07, 6.45) is 3.62. The minimum absolute atomic E-state index is 0.560. The van der Waals surface area contributed by atoms with Crippen LogP contribution < -0.4 is 5.73 Å². The summed E-state index contributed by atoms with van der Waals surface area (Å²) >= 11 is 0. The summed E-state index contributed by atoms with van der Waals surface area (Å²) < 4.78 is 3.18. The van der Waals surface area contributed by atoms with E-state index in [4.69, 9.17) is 5.73 Å². The van der Waals surface area contributed by atoms with Gasteiger partial charge in [-0.3, -0.25) is 0 Å². The molecule has 2 N–H and O–H groups in total. The molecule has 2 aromatic heterocycles. The maximum absolute atomic E-state index is 5.76. The van der Waals surface area contributed by atoms with E-state index in [2.05, 4.69) is 20.6 Å². The second-order valence-corrected chi connectivity index (χ2v) is 3.90. The largest absolute Gasteiger partial charge is 0.399 e. The highest BCUT2D eigenvalue weighted by Crippen LogP contribution is 2.21. The number of rotatable bonds is 2. The fraction of sp³-hybridized carbons (Fsp3) is 0.0909. The van der Waals surface area contributed by atoms with E-state index < -0.39 is 0 Å². The lowest BCUT2D eigenvalue weighted by Crippen LogP contribution is -2.04. The van der Waals surface area contributed by atoms with E-state index in [-0.39, 0.29) is 0 Å². The highest BCUT2D eigenvalue weighted by atomic mass is 15.6. The molecule has 0 unspecified atom stereocenters. The summed E-state index contributed by atoms with van der Waals surface area (Å²) in [6, 6.07) is 7.63. The summed E-state index contributed by atoms with van der Waals surface area (Å²) in [4.78, 5) is 0. The number of aromatic nitrogens is 6. The third-order valence-electron chi connectivity index (χ3n) is 2.61. The average Bonchev–Trinajstić information content (AvgIpc) is 2.97. The Morgan fingerprint density at radius 3 is 2.83 bits per heavy atom. The number of aryl methyl sites for hydroxylation is 1. The van der Waals surface area contributed by atoms with Crippen molar-refractivity contribution in [1.29, 1.82) is 0 Å². The molecular formula is C11H11N7. The Morgan fingerprint density at radius 1 is 1.22 bits per heavy atom. The van der Waals surface area contributed by atoms with Crippen molar-refractivity contribution in [3.8, 4) is 17.1 Å². The zero-order valence-electron chi connectivity index (χ0n) is 9.72. The normalized spacial score (nSPS) is 10.7. The molecule has 3 aromatic rings. The molecule has 0 fully saturated rings. The maximum atomic E-state index is 5.76. The number of anilines is 1. The summed E-state index contributed by atoms with van der Waals surface area (Å²) in [7, 11) is 1.76. The molecule has 1 aromatic carbocycles. The van der Waals surface area contributed by atoms with E-state index in [1.807, 2.05) is 30.5 Å². The molecule has 7 nitrogen and oxygen atoms in total. The average molecular weight is 241 g/mol. The topological polar surface area (TPSA) is 87.4 Å². The van der Waals surface area contributed by atoms with E-state index in [1.165, 1.54) is 0 Å². The standard InChI is InChI=1S/C11H11N7/c1-17-11(14-15-16-17)18-7-9(6-13-18)8-3-2-4-10(12)5-8/h2-7H,12H2,1H3. The van der Waals surface area contributed by atoms with E-state index >= 15 is 0 Å². The summed E-state index contributed by atoms with van der Waals surface area (Å²) in [5, 5.41) is 15.5. The molecule has 3 rings (SSSR count). The zero-order chi connectivity index (χ0) is 12.5. The van der Waals surface area contributed by atoms with Crippen LogP contribution in [0.25, 0.3) is 17.1 Å². The number of benzene rings is 1. The predicted octanol–water partition coefficient (Wildman–Crippen LogP) is 0.645. The quantitative estimate of drug-likeness (QED) is 0.665. The first kappa shape index (κ1) is 10.5. The highest BCUT2D eigenvalue weighted by Gasteiger charge is 2.08. The molecule has 0 spiro atoms. The number of hydrogen-bond acceptors (Lipinski definition) is 5. The number of nitrogen functional groups attached to an aromatic ring is 1. The number of tetrazole rings is 1. The lowest BCUT2D eigenvalue weighted by Gasteiger charge is -1.98. The first-order chi connectivity index (χ1) is 8.74. The Hall–Kier alpha value is -2.70. The van der Waals surface area contributed by atoms with Gasteiger partial charge in [0.1, 0.15) is 0 Å². The lowest BCUT2D eigenvalue weighted by atomic mass is 10.1. The van der Waals surface area contributed by atoms with Crippen molar-refractivity contribution >= 4 is 5.69 Å². The Kier molecular flexibility index (Phi) is 2.30. The molecule has 0 saturated heterocycles. The Balaban J connectivity index is 2.02. The van der Waals surface area contributed by atoms with Gasteiger partial charge in [0.05, 0.1) is 6.20 Å². The second-order valence-electron chi connectivity index (χ2n) is 3.90. The van der Waals surface area contributed by atoms with E-state index in [1.54, 1.807) is 22.6 Å². The Bertz CT molecular complexity index is 682. The Morgan fingerprint density at radius 2 is 2.11 bits per heavy atom. The second kappa shape index (κ2) is 3.95. The first-order valence-corrected chi connectivity index (χ1v) is 5.37. The first-order valence-electron chi connectivity index (χ1n) is 5.37. The molecule has 0 atom stereocenters. The lowest BCUT2D eigenvalue weighted by molar-refractivity contribution is 0.672. The smallest absolute Gasteiger partial charge is 0.270 e. The minimum Gasteiger partial charge on any atom is -0.399 e. The van der Waals surface area contributed by atoms with Gasteiger partial charge in [0.25, 0.3) is 5.95 Å². The van der Waals surface area contributed by atoms with Crippen LogP contribution in [0.3, 0.4) is 0 Å². The van der Waals surface area contributed by atoms with Crippen molar-refractivity contribution in [3.63, 3.8) is 0 Å². The Labute approximate surface area is 103 Å². The van der Waals surface area contributed by atoms with Gasteiger partial charge in [-0.15, -0.1) is 0 Å². The zero-order valence-corrected chi connectivity index (χ0v) is 9.72. The van der Waals surface area contributed by atoms with Crippen molar-refractivity contribution < 1.29 is 0 Å². The molecule has 2 heterocycles. The van der Waals surface area contributed by atoms with Crippen LogP contribution in [0, 0.1) is 0 Å². The third-order valence-corrected chi connectivity index (χ3v) is 2.61. The van der Waals surface area contributed by atoms with E-state index in [9.17, 15) is 0 Å². The van der Waals surface area contributed by atoms with Crippen LogP contribution >= 0.6 is 0 Å². The van der Waals surface area contributed by atoms with E-state index in [0.717, 1.165) is 16.8 Å². The van der Waals surface area contributed by atoms with Gasteiger partial charge in [-0.25, -0.2) is 9.36 Å². The van der Waals surface area contributed by atoms with Crippen LogP contribution in [-0.4, -0.2) is 30.0 Å². The van der Waals surface area contributed by atoms with Gasteiger partial charge >= 0.3 is 0 Å². The molecular weight excluding hydrogens is 230 g/mol. The van der Waals surface area contributed by atoms with Gasteiger partial charge in [-0.2, -0.15) is 5.10 Å². The highest BCUT2D eigenvalue weighted by molar-refractivity contribution is 5.66. The van der Waals surface area contributed by atoms with Crippen LogP contribution in [0.4, 0.5) is 5.69 Å². The van der Waals surface area contributed by atoms with Gasteiger partial charge in [-0.1, -0.05) is 17.2 Å². The molecule has 90 valence electrons. The molecule has 7 heteroatoms. The monoisotopic (exact) mass is 241 g/mol. The third kappa shape index (κ3) is 1.71. The maximum Gasteiger partial charge on any atom is 0.270 e. The van der Waals surface area contributed by atoms with Crippen molar-refractivity contribution in [1.82, 2.24) is 30.0 Å². The summed E-state index contributed by atoms with van der Waals surface area (Å²) in [5.74, 6) is 0.560. The van der Waals surface area contributed by atoms with Gasteiger partial charge in [0.2, 0.25) is 0 Å². The van der Waals surface area contributed by atoms with Crippen LogP contribution in [0.1, 0.15) is 0 Å². The van der Waals surface area contributed by atoms with Crippen molar-refractivity contribution in [3.05, 3.63) is 36.7 Å². The molecule has 0 aliphatic rings. The van der Waals surface area contributed by atoms with Crippen molar-refractivity contribution in [2.75, 3.05) is 5.73 Å². The molecule has 0 aliphatic heterocycles. The number of nitrogens with zero attached hydrogens (tertiary/aromatic N) is 6. The summed E-state index contributed by atoms with van der Waals surface area (Å²) in [5.41, 5.74) is 8.45. The molecule has 0 amide bonds. The van der Waals surface area contributed by atoms with Crippen LogP contribution in [-0.2, 0) is 7.05 Å². The van der Waals surface area contributed by atoms with Gasteiger partial charge < -0.3 is 5.73 Å². The number of hydrogen-bond donors (Lipinski definition) is 1. The van der Waals surface area contributed by atoms with Crippen LogP contribution in [0.5, 0.6) is 0 Å². The van der Waals surface area contributed by atoms with Crippen LogP contribution in [0.2, 0.25) is 0 Å². The predicted molar refractivity (Wildman–Crippen MR) is 65.8 cm³/mol. The van der Waals surface area contributed by atoms with Gasteiger partial charge in [0.15, 0.2) is 0 Å². The van der Waals surface area contributed by atoms with Crippen molar-refractivity contribution in [2.45, 2.75) is 0 Å². The molecule has 0 saturated carbocycles. The SMILES string of the molecule is Cn1nnnc1-n1cc(-c2cccc(N)c2)cn1. The number of nitrogens with two attached hydrogens (primary N) is 1. The van der Waals surface area contributed by atoms with Crippen molar-refractivity contribution in [2.24, 2.45) is 7.05 Å². The molecule has 18 heavy (non-hydrogen) atoms. The minimum atomic E-state index is 0.560. The summed E-state index contributed by atoms with van der Waals surface area (Å²) in [6.45, 7) is 0. The fourth-order valence-electron chi connectivity index (χ4n) is 1.72. The molecule has 0 aliphatic carbocycles. The van der Waals surface area contributed by atoms with E-state index in [0.29, 0.717) is 5.95 Å². The van der Waals surface area contributed by atoms with Gasteiger partial charge in [0, 0.05) is 24.5 Å². The molecule has 0 radical (unpaired) electrons. The molecule has 0 bridgehead atoms. The van der Waals surface area contributed by atoms with Gasteiger partial charge in [-0.05, 0) is 28.1 Å².